The molecule has 0 aliphatic heterocycles. The third-order valence-electron chi connectivity index (χ3n) is 2.83. The van der Waals surface area contributed by atoms with Gasteiger partial charge in [0.1, 0.15) is 0 Å². The van der Waals surface area contributed by atoms with Gasteiger partial charge >= 0.3 is 0 Å². The maximum absolute atomic E-state index is 11.9. The number of benzene rings is 1. The lowest BCUT2D eigenvalue weighted by Crippen LogP contribution is -2.31. The lowest BCUT2D eigenvalue weighted by molar-refractivity contribution is -0.121. The van der Waals surface area contributed by atoms with Crippen LogP contribution in [0.2, 0.25) is 0 Å². The van der Waals surface area contributed by atoms with Crippen LogP contribution in [0, 0.1) is 0 Å². The number of nitrogens with one attached hydrogen (secondary N) is 1. The quantitative estimate of drug-likeness (QED) is 0.851. The van der Waals surface area contributed by atoms with E-state index in [1.54, 1.807) is 24.5 Å². The zero-order valence-corrected chi connectivity index (χ0v) is 10.5. The molecular weight excluding hydrogens is 240 g/mol. The summed E-state index contributed by atoms with van der Waals surface area (Å²) in [6.07, 6.45) is 3.60. The second-order valence-electron chi connectivity index (χ2n) is 4.25. The van der Waals surface area contributed by atoms with Gasteiger partial charge in [-0.05, 0) is 23.3 Å². The van der Waals surface area contributed by atoms with Crippen molar-refractivity contribution in [3.05, 3.63) is 66.0 Å². The van der Waals surface area contributed by atoms with Crippen molar-refractivity contribution in [2.75, 3.05) is 6.61 Å². The number of nitrogens with zero attached hydrogens (tertiary/aromatic N) is 1. The average molecular weight is 256 g/mol. The number of hydrogen-bond donors (Lipinski definition) is 2. The van der Waals surface area contributed by atoms with E-state index in [0.717, 1.165) is 11.1 Å². The lowest BCUT2D eigenvalue weighted by atomic mass is 10.1. The molecule has 4 heteroatoms. The van der Waals surface area contributed by atoms with Crippen molar-refractivity contribution in [1.29, 1.82) is 0 Å². The van der Waals surface area contributed by atoms with Crippen LogP contribution < -0.4 is 5.32 Å². The maximum atomic E-state index is 11.9. The van der Waals surface area contributed by atoms with E-state index in [1.807, 2.05) is 30.3 Å². The Bertz CT molecular complexity index is 514. The van der Waals surface area contributed by atoms with E-state index in [9.17, 15) is 9.90 Å². The van der Waals surface area contributed by atoms with Crippen LogP contribution in [-0.4, -0.2) is 22.6 Å². The minimum absolute atomic E-state index is 0.117. The van der Waals surface area contributed by atoms with E-state index in [4.69, 9.17) is 0 Å². The van der Waals surface area contributed by atoms with Gasteiger partial charge in [0.05, 0.1) is 19.1 Å². The maximum Gasteiger partial charge on any atom is 0.224 e. The molecule has 2 rings (SSSR count). The molecule has 19 heavy (non-hydrogen) atoms. The molecule has 0 aliphatic rings. The van der Waals surface area contributed by atoms with Crippen LogP contribution in [0.15, 0.2) is 54.9 Å². The van der Waals surface area contributed by atoms with Crippen molar-refractivity contribution >= 4 is 5.91 Å². The molecule has 0 spiro atoms. The van der Waals surface area contributed by atoms with Crippen molar-refractivity contribution in [1.82, 2.24) is 10.3 Å². The molecule has 98 valence electrons. The van der Waals surface area contributed by atoms with Gasteiger partial charge in [-0.3, -0.25) is 9.78 Å². The molecule has 0 saturated heterocycles. The Labute approximate surface area is 112 Å². The number of hydrogen-bond acceptors (Lipinski definition) is 3. The summed E-state index contributed by atoms with van der Waals surface area (Å²) in [7, 11) is 0. The lowest BCUT2D eigenvalue weighted by Gasteiger charge is -2.16. The molecule has 1 heterocycles. The fraction of sp³-hybridized carbons (Fsp3) is 0.200. The summed E-state index contributed by atoms with van der Waals surface area (Å²) in [5.41, 5.74) is 1.80. The fourth-order valence-electron chi connectivity index (χ4n) is 1.85. The molecular formula is C15H16N2O2. The van der Waals surface area contributed by atoms with E-state index in [0.29, 0.717) is 0 Å². The summed E-state index contributed by atoms with van der Waals surface area (Å²) in [5.74, 6) is -0.117. The highest BCUT2D eigenvalue weighted by Gasteiger charge is 2.13. The number of aliphatic hydroxyl groups is 1. The number of carbonyl (C=O) groups excluding carboxylic acids is 1. The van der Waals surface area contributed by atoms with E-state index in [1.165, 1.54) is 0 Å². The van der Waals surface area contributed by atoms with Crippen molar-refractivity contribution in [2.24, 2.45) is 0 Å². The van der Waals surface area contributed by atoms with Gasteiger partial charge < -0.3 is 10.4 Å². The van der Waals surface area contributed by atoms with Crippen LogP contribution in [0.25, 0.3) is 0 Å². The summed E-state index contributed by atoms with van der Waals surface area (Å²) in [4.78, 5) is 15.8. The SMILES string of the molecule is O=C(Cc1ccncc1)NC(CO)c1ccccc1. The molecule has 1 atom stereocenters. The first kappa shape index (κ1) is 13.2. The molecule has 1 unspecified atom stereocenters. The first-order chi connectivity index (χ1) is 9.29. The van der Waals surface area contributed by atoms with Crippen LogP contribution in [-0.2, 0) is 11.2 Å². The summed E-state index contributed by atoms with van der Waals surface area (Å²) < 4.78 is 0. The summed E-state index contributed by atoms with van der Waals surface area (Å²) in [5, 5.41) is 12.2. The smallest absolute Gasteiger partial charge is 0.224 e. The zero-order chi connectivity index (χ0) is 13.5. The summed E-state index contributed by atoms with van der Waals surface area (Å²) in [6.45, 7) is -0.119. The van der Waals surface area contributed by atoms with Gasteiger partial charge in [0, 0.05) is 12.4 Å². The Kier molecular flexibility index (Phi) is 4.64. The normalized spacial score (nSPS) is 11.8. The molecule has 1 amide bonds. The highest BCUT2D eigenvalue weighted by atomic mass is 16.3. The topological polar surface area (TPSA) is 62.2 Å². The first-order valence-electron chi connectivity index (χ1n) is 6.13. The molecule has 0 aliphatic carbocycles. The molecule has 2 aromatic rings. The van der Waals surface area contributed by atoms with Crippen molar-refractivity contribution in [3.63, 3.8) is 0 Å². The molecule has 0 bridgehead atoms. The standard InChI is InChI=1S/C15H16N2O2/c18-11-14(13-4-2-1-3-5-13)17-15(19)10-12-6-8-16-9-7-12/h1-9,14,18H,10-11H2,(H,17,19). The van der Waals surface area contributed by atoms with Gasteiger partial charge in [0.2, 0.25) is 5.91 Å². The predicted octanol–water partition coefficient (Wildman–Crippen LogP) is 1.47. The van der Waals surface area contributed by atoms with Crippen molar-refractivity contribution in [2.45, 2.75) is 12.5 Å². The van der Waals surface area contributed by atoms with E-state index in [2.05, 4.69) is 10.3 Å². The molecule has 0 radical (unpaired) electrons. The number of rotatable bonds is 5. The van der Waals surface area contributed by atoms with Gasteiger partial charge in [-0.15, -0.1) is 0 Å². The highest BCUT2D eigenvalue weighted by molar-refractivity contribution is 5.79. The second-order valence-corrected chi connectivity index (χ2v) is 4.25. The number of amides is 1. The third-order valence-corrected chi connectivity index (χ3v) is 2.83. The van der Waals surface area contributed by atoms with Crippen LogP contribution >= 0.6 is 0 Å². The van der Waals surface area contributed by atoms with Gasteiger partial charge in [-0.25, -0.2) is 0 Å². The highest BCUT2D eigenvalue weighted by Crippen LogP contribution is 2.11. The predicted molar refractivity (Wildman–Crippen MR) is 72.4 cm³/mol. The van der Waals surface area contributed by atoms with Gasteiger partial charge in [0.25, 0.3) is 0 Å². The molecule has 4 nitrogen and oxygen atoms in total. The van der Waals surface area contributed by atoms with E-state index < -0.39 is 0 Å². The molecule has 1 aromatic carbocycles. The number of pyridine rings is 1. The molecule has 2 N–H and O–H groups in total. The van der Waals surface area contributed by atoms with Gasteiger partial charge in [-0.1, -0.05) is 30.3 Å². The van der Waals surface area contributed by atoms with Crippen molar-refractivity contribution in [3.8, 4) is 0 Å². The molecule has 0 saturated carbocycles. The summed E-state index contributed by atoms with van der Waals surface area (Å²) >= 11 is 0. The monoisotopic (exact) mass is 256 g/mol. The van der Waals surface area contributed by atoms with E-state index >= 15 is 0 Å². The third kappa shape index (κ3) is 3.89. The van der Waals surface area contributed by atoms with Gasteiger partial charge in [-0.2, -0.15) is 0 Å². The second kappa shape index (κ2) is 6.66. The Balaban J connectivity index is 1.97. The summed E-state index contributed by atoms with van der Waals surface area (Å²) in [6, 6.07) is 12.7. The number of carbonyl (C=O) groups is 1. The largest absolute Gasteiger partial charge is 0.394 e. The zero-order valence-electron chi connectivity index (χ0n) is 10.5. The minimum atomic E-state index is -0.365. The number of aliphatic hydroxyl groups excluding tert-OH is 1. The van der Waals surface area contributed by atoms with Crippen LogP contribution in [0.1, 0.15) is 17.2 Å². The van der Waals surface area contributed by atoms with E-state index in [-0.39, 0.29) is 25.0 Å². The Morgan fingerprint density at radius 1 is 1.16 bits per heavy atom. The minimum Gasteiger partial charge on any atom is -0.394 e. The van der Waals surface area contributed by atoms with Crippen LogP contribution in [0.4, 0.5) is 0 Å². The Morgan fingerprint density at radius 2 is 1.84 bits per heavy atom. The van der Waals surface area contributed by atoms with Crippen LogP contribution in [0.3, 0.4) is 0 Å². The fourth-order valence-corrected chi connectivity index (χ4v) is 1.85. The Morgan fingerprint density at radius 3 is 2.47 bits per heavy atom. The molecule has 1 aromatic heterocycles. The van der Waals surface area contributed by atoms with Crippen molar-refractivity contribution < 1.29 is 9.90 Å². The van der Waals surface area contributed by atoms with Crippen LogP contribution in [0.5, 0.6) is 0 Å². The first-order valence-corrected chi connectivity index (χ1v) is 6.13. The molecule has 0 fully saturated rings. The average Bonchev–Trinajstić information content (AvgIpc) is 2.47. The van der Waals surface area contributed by atoms with Gasteiger partial charge in [0.15, 0.2) is 0 Å². The Hall–Kier alpha value is -2.20. The number of aromatic nitrogens is 1.